The van der Waals surface area contributed by atoms with E-state index in [1.165, 1.54) is 0 Å². The van der Waals surface area contributed by atoms with Gasteiger partial charge in [0.05, 0.1) is 6.20 Å². The first-order valence-corrected chi connectivity index (χ1v) is 3.75. The monoisotopic (exact) mass is 168 g/mol. The third-order valence-corrected chi connectivity index (χ3v) is 1.17. The molecule has 0 aliphatic carbocycles. The molecule has 5 nitrogen and oxygen atoms in total. The molecule has 0 bridgehead atoms. The fourth-order valence-corrected chi connectivity index (χ4v) is 0.746. The highest BCUT2D eigenvalue weighted by atomic mass is 16.2. The number of nitrogens with zero attached hydrogens (tertiary/aromatic N) is 1. The number of amides is 2. The normalized spacial score (nSPS) is 9.92. The maximum Gasteiger partial charge on any atom is 0.320 e. The quantitative estimate of drug-likeness (QED) is 0.615. The number of nitrogens with one attached hydrogen (secondary N) is 3. The lowest BCUT2D eigenvalue weighted by molar-refractivity contribution is 0.250. The lowest BCUT2D eigenvalue weighted by Gasteiger charge is -2.07. The fraction of sp³-hybridized carbons (Fsp3) is 0.429. The number of rotatable bonds is 2. The number of hydrogen-bond acceptors (Lipinski definition) is 2. The molecule has 0 saturated heterocycles. The van der Waals surface area contributed by atoms with Crippen LogP contribution in [0.15, 0.2) is 12.3 Å². The fourth-order valence-electron chi connectivity index (χ4n) is 0.746. The van der Waals surface area contributed by atoms with Crippen LogP contribution >= 0.6 is 0 Å². The number of hydrogen-bond donors (Lipinski definition) is 3. The molecular formula is C7H12N4O. The molecule has 0 saturated carbocycles. The van der Waals surface area contributed by atoms with Crippen molar-refractivity contribution in [1.82, 2.24) is 15.5 Å². The summed E-state index contributed by atoms with van der Waals surface area (Å²) < 4.78 is 0. The van der Waals surface area contributed by atoms with Gasteiger partial charge in [0.2, 0.25) is 0 Å². The highest BCUT2D eigenvalue weighted by molar-refractivity contribution is 5.88. The van der Waals surface area contributed by atoms with Gasteiger partial charge in [-0.25, -0.2) is 4.79 Å². The third-order valence-electron chi connectivity index (χ3n) is 1.17. The number of anilines is 1. The van der Waals surface area contributed by atoms with Crippen LogP contribution in [0.4, 0.5) is 10.6 Å². The molecule has 5 heteroatoms. The Morgan fingerprint density at radius 3 is 2.92 bits per heavy atom. The Labute approximate surface area is 70.5 Å². The summed E-state index contributed by atoms with van der Waals surface area (Å²) in [6.45, 7) is 3.79. The van der Waals surface area contributed by atoms with Crippen molar-refractivity contribution in [1.29, 1.82) is 0 Å². The van der Waals surface area contributed by atoms with Crippen LogP contribution in [-0.4, -0.2) is 22.3 Å². The van der Waals surface area contributed by atoms with Crippen LogP contribution in [0.25, 0.3) is 0 Å². The van der Waals surface area contributed by atoms with E-state index in [0.29, 0.717) is 5.82 Å². The molecule has 2 amide bonds. The number of aromatic amines is 1. The smallest absolute Gasteiger partial charge is 0.320 e. The molecule has 1 aromatic rings. The van der Waals surface area contributed by atoms with E-state index in [0.717, 1.165) is 0 Å². The van der Waals surface area contributed by atoms with Crippen molar-refractivity contribution in [2.75, 3.05) is 5.32 Å². The summed E-state index contributed by atoms with van der Waals surface area (Å²) in [5.41, 5.74) is 0. The van der Waals surface area contributed by atoms with Crippen LogP contribution < -0.4 is 10.6 Å². The van der Waals surface area contributed by atoms with Crippen LogP contribution in [0, 0.1) is 0 Å². The molecule has 0 aliphatic rings. The first-order valence-electron chi connectivity index (χ1n) is 3.75. The van der Waals surface area contributed by atoms with Gasteiger partial charge in [-0.3, -0.25) is 10.4 Å². The van der Waals surface area contributed by atoms with Gasteiger partial charge < -0.3 is 5.32 Å². The van der Waals surface area contributed by atoms with Crippen LogP contribution in [0.2, 0.25) is 0 Å². The van der Waals surface area contributed by atoms with Crippen LogP contribution in [0.3, 0.4) is 0 Å². The molecule has 12 heavy (non-hydrogen) atoms. The number of carbonyl (C=O) groups is 1. The average Bonchev–Trinajstić information content (AvgIpc) is 2.37. The highest BCUT2D eigenvalue weighted by Crippen LogP contribution is 1.97. The molecule has 1 heterocycles. The molecule has 66 valence electrons. The summed E-state index contributed by atoms with van der Waals surface area (Å²) in [5.74, 6) is 0.591. The third kappa shape index (κ3) is 2.61. The lowest BCUT2D eigenvalue weighted by atomic mass is 10.4. The summed E-state index contributed by atoms with van der Waals surface area (Å²) in [5, 5.41) is 11.6. The summed E-state index contributed by atoms with van der Waals surface area (Å²) in [7, 11) is 0. The second-order valence-electron chi connectivity index (χ2n) is 2.72. The molecule has 0 spiro atoms. The Morgan fingerprint density at radius 2 is 2.42 bits per heavy atom. The van der Waals surface area contributed by atoms with Crippen molar-refractivity contribution in [3.05, 3.63) is 12.3 Å². The van der Waals surface area contributed by atoms with Gasteiger partial charge in [-0.2, -0.15) is 5.10 Å². The van der Waals surface area contributed by atoms with E-state index in [4.69, 9.17) is 0 Å². The minimum absolute atomic E-state index is 0.132. The number of urea groups is 1. The number of aromatic nitrogens is 2. The Hall–Kier alpha value is -1.52. The van der Waals surface area contributed by atoms with E-state index < -0.39 is 0 Å². The van der Waals surface area contributed by atoms with E-state index in [1.807, 2.05) is 13.8 Å². The zero-order valence-corrected chi connectivity index (χ0v) is 7.09. The minimum atomic E-state index is -0.228. The highest BCUT2D eigenvalue weighted by Gasteiger charge is 2.02. The van der Waals surface area contributed by atoms with E-state index in [9.17, 15) is 4.79 Å². The van der Waals surface area contributed by atoms with E-state index >= 15 is 0 Å². The van der Waals surface area contributed by atoms with Crippen molar-refractivity contribution in [3.63, 3.8) is 0 Å². The van der Waals surface area contributed by atoms with Gasteiger partial charge in [-0.15, -0.1) is 0 Å². The molecule has 0 aromatic carbocycles. The van der Waals surface area contributed by atoms with E-state index in [2.05, 4.69) is 20.8 Å². The van der Waals surface area contributed by atoms with Crippen molar-refractivity contribution < 1.29 is 4.79 Å². The second-order valence-corrected chi connectivity index (χ2v) is 2.72. The summed E-state index contributed by atoms with van der Waals surface area (Å²) in [6.07, 6.45) is 1.57. The molecule has 1 aromatic heterocycles. The Bertz CT molecular complexity index is 242. The predicted octanol–water partition coefficient (Wildman–Crippen LogP) is 0.940. The molecular weight excluding hydrogens is 156 g/mol. The molecule has 0 aliphatic heterocycles. The standard InChI is InChI=1S/C7H12N4O/c1-5(2)9-7(12)10-6-3-4-8-11-6/h3-5H,1-2H3,(H3,8,9,10,11,12). The molecule has 0 fully saturated rings. The van der Waals surface area contributed by atoms with Gasteiger partial charge in [0, 0.05) is 12.1 Å². The number of carbonyl (C=O) groups excluding carboxylic acids is 1. The first kappa shape index (κ1) is 8.58. The van der Waals surface area contributed by atoms with Crippen molar-refractivity contribution >= 4 is 11.8 Å². The first-order chi connectivity index (χ1) is 5.68. The van der Waals surface area contributed by atoms with Gasteiger partial charge in [-0.1, -0.05) is 0 Å². The number of H-pyrrole nitrogens is 1. The molecule has 0 atom stereocenters. The summed E-state index contributed by atoms with van der Waals surface area (Å²) in [4.78, 5) is 11.1. The molecule has 1 rings (SSSR count). The van der Waals surface area contributed by atoms with Crippen LogP contribution in [0.1, 0.15) is 13.8 Å². The summed E-state index contributed by atoms with van der Waals surface area (Å²) >= 11 is 0. The Balaban J connectivity index is 2.37. The van der Waals surface area contributed by atoms with Gasteiger partial charge >= 0.3 is 6.03 Å². The van der Waals surface area contributed by atoms with Gasteiger partial charge in [0.1, 0.15) is 5.82 Å². The van der Waals surface area contributed by atoms with Gasteiger partial charge in [0.15, 0.2) is 0 Å². The topological polar surface area (TPSA) is 69.8 Å². The van der Waals surface area contributed by atoms with E-state index in [1.54, 1.807) is 12.3 Å². The minimum Gasteiger partial charge on any atom is -0.336 e. The Kier molecular flexibility index (Phi) is 2.68. The predicted molar refractivity (Wildman–Crippen MR) is 45.9 cm³/mol. The van der Waals surface area contributed by atoms with Crippen molar-refractivity contribution in [2.24, 2.45) is 0 Å². The SMILES string of the molecule is CC(C)NC(=O)Nc1ccn[nH]1. The second kappa shape index (κ2) is 3.75. The van der Waals surface area contributed by atoms with Crippen molar-refractivity contribution in [2.45, 2.75) is 19.9 Å². The lowest BCUT2D eigenvalue weighted by Crippen LogP contribution is -2.34. The molecule has 3 N–H and O–H groups in total. The molecule has 0 radical (unpaired) electrons. The summed E-state index contributed by atoms with van der Waals surface area (Å²) in [6, 6.07) is 1.59. The van der Waals surface area contributed by atoms with Crippen LogP contribution in [0.5, 0.6) is 0 Å². The van der Waals surface area contributed by atoms with Gasteiger partial charge in [0.25, 0.3) is 0 Å². The molecule has 0 unspecified atom stereocenters. The largest absolute Gasteiger partial charge is 0.336 e. The maximum absolute atomic E-state index is 11.1. The van der Waals surface area contributed by atoms with E-state index in [-0.39, 0.29) is 12.1 Å². The van der Waals surface area contributed by atoms with Crippen molar-refractivity contribution in [3.8, 4) is 0 Å². The average molecular weight is 168 g/mol. The zero-order valence-electron chi connectivity index (χ0n) is 7.09. The Morgan fingerprint density at radius 1 is 1.67 bits per heavy atom. The van der Waals surface area contributed by atoms with Crippen LogP contribution in [-0.2, 0) is 0 Å². The maximum atomic E-state index is 11.1. The zero-order chi connectivity index (χ0) is 8.97. The van der Waals surface area contributed by atoms with Gasteiger partial charge in [-0.05, 0) is 13.8 Å².